The number of guanidine groups is 1. The molecule has 2 aromatic rings. The zero-order valence-electron chi connectivity index (χ0n) is 19.6. The van der Waals surface area contributed by atoms with Crippen molar-refractivity contribution in [2.45, 2.75) is 32.7 Å². The number of methoxy groups -OCH3 is 2. The van der Waals surface area contributed by atoms with Crippen LogP contribution in [0, 0.1) is 6.92 Å². The number of aromatic nitrogens is 1. The van der Waals surface area contributed by atoms with Gasteiger partial charge in [0.1, 0.15) is 5.76 Å². The molecule has 8 heteroatoms. The highest BCUT2D eigenvalue weighted by molar-refractivity contribution is 5.80. The van der Waals surface area contributed by atoms with E-state index >= 15 is 0 Å². The molecule has 0 spiro atoms. The van der Waals surface area contributed by atoms with Crippen LogP contribution in [0.5, 0.6) is 11.5 Å². The molecular formula is C23H35N5O3. The molecule has 0 saturated carbocycles. The highest BCUT2D eigenvalue weighted by Crippen LogP contribution is 2.32. The van der Waals surface area contributed by atoms with E-state index in [1.165, 1.54) is 5.56 Å². The first-order chi connectivity index (χ1) is 14.9. The van der Waals surface area contributed by atoms with Crippen molar-refractivity contribution >= 4 is 5.96 Å². The lowest BCUT2D eigenvalue weighted by Gasteiger charge is -2.37. The summed E-state index contributed by atoms with van der Waals surface area (Å²) in [5.74, 6) is 3.28. The number of rotatable bonds is 7. The Morgan fingerprint density at radius 1 is 1.13 bits per heavy atom. The zero-order valence-corrected chi connectivity index (χ0v) is 19.6. The minimum atomic E-state index is -0.109. The lowest BCUT2D eigenvalue weighted by Crippen LogP contribution is -2.53. The van der Waals surface area contributed by atoms with E-state index in [2.05, 4.69) is 45.2 Å². The molecule has 1 aromatic heterocycles. The summed E-state index contributed by atoms with van der Waals surface area (Å²) < 4.78 is 16.0. The average Bonchev–Trinajstić information content (AvgIpc) is 3.19. The molecule has 0 atom stereocenters. The molecule has 2 heterocycles. The fourth-order valence-electron chi connectivity index (χ4n) is 3.83. The highest BCUT2D eigenvalue weighted by Gasteiger charge is 2.25. The van der Waals surface area contributed by atoms with Crippen molar-refractivity contribution in [1.29, 1.82) is 0 Å². The van der Waals surface area contributed by atoms with E-state index in [4.69, 9.17) is 14.0 Å². The van der Waals surface area contributed by atoms with Gasteiger partial charge in [0.2, 0.25) is 0 Å². The van der Waals surface area contributed by atoms with Crippen molar-refractivity contribution in [3.8, 4) is 11.5 Å². The topological polar surface area (TPSA) is 75.4 Å². The van der Waals surface area contributed by atoms with Crippen molar-refractivity contribution in [3.05, 3.63) is 41.3 Å². The second-order valence-electron chi connectivity index (χ2n) is 8.55. The molecule has 1 fully saturated rings. The molecule has 0 aliphatic carbocycles. The van der Waals surface area contributed by atoms with E-state index in [1.807, 2.05) is 32.2 Å². The predicted molar refractivity (Wildman–Crippen MR) is 122 cm³/mol. The van der Waals surface area contributed by atoms with Crippen molar-refractivity contribution < 1.29 is 14.0 Å². The average molecular weight is 430 g/mol. The molecule has 1 saturated heterocycles. The zero-order chi connectivity index (χ0) is 22.4. The number of benzene rings is 1. The number of hydrogen-bond donors (Lipinski definition) is 1. The van der Waals surface area contributed by atoms with Gasteiger partial charge in [-0.05, 0) is 24.6 Å². The molecule has 1 N–H and O–H groups in total. The van der Waals surface area contributed by atoms with Crippen LogP contribution in [0.2, 0.25) is 0 Å². The molecule has 1 aromatic carbocycles. The van der Waals surface area contributed by atoms with Gasteiger partial charge >= 0.3 is 0 Å². The van der Waals surface area contributed by atoms with Gasteiger partial charge in [-0.2, -0.15) is 0 Å². The molecular weight excluding hydrogens is 394 g/mol. The van der Waals surface area contributed by atoms with E-state index in [-0.39, 0.29) is 5.41 Å². The van der Waals surface area contributed by atoms with Gasteiger partial charge in [0.15, 0.2) is 17.5 Å². The van der Waals surface area contributed by atoms with Crippen LogP contribution in [0.25, 0.3) is 0 Å². The smallest absolute Gasteiger partial charge is 0.193 e. The van der Waals surface area contributed by atoms with Crippen LogP contribution in [0.3, 0.4) is 0 Å². The lowest BCUT2D eigenvalue weighted by molar-refractivity contribution is 0.168. The Labute approximate surface area is 185 Å². The fraction of sp³-hybridized carbons (Fsp3) is 0.565. The number of aliphatic imine (C=N–C) groups is 1. The highest BCUT2D eigenvalue weighted by atomic mass is 16.5. The van der Waals surface area contributed by atoms with Crippen molar-refractivity contribution in [1.82, 2.24) is 20.3 Å². The Balaban J connectivity index is 1.55. The Kier molecular flexibility index (Phi) is 7.43. The van der Waals surface area contributed by atoms with E-state index in [9.17, 15) is 0 Å². The standard InChI is InChI=1S/C23H35N5O3/c1-17-13-19(26-31-17)15-27-9-11-28(12-10-27)22(24-4)25-16-23(2,3)18-7-8-20(29-5)21(14-18)30-6/h7-8,13-14H,9-12,15-16H2,1-6H3,(H,24,25). The van der Waals surface area contributed by atoms with E-state index < -0.39 is 0 Å². The van der Waals surface area contributed by atoms with Gasteiger partial charge < -0.3 is 24.2 Å². The van der Waals surface area contributed by atoms with Crippen LogP contribution in [-0.4, -0.2) is 74.9 Å². The Morgan fingerprint density at radius 2 is 1.84 bits per heavy atom. The van der Waals surface area contributed by atoms with Gasteiger partial charge in [0.25, 0.3) is 0 Å². The molecule has 1 aliphatic heterocycles. The third kappa shape index (κ3) is 5.70. The molecule has 0 radical (unpaired) electrons. The summed E-state index contributed by atoms with van der Waals surface area (Å²) in [5, 5.41) is 7.68. The summed E-state index contributed by atoms with van der Waals surface area (Å²) in [4.78, 5) is 9.24. The van der Waals surface area contributed by atoms with Gasteiger partial charge in [-0.1, -0.05) is 25.1 Å². The summed E-state index contributed by atoms with van der Waals surface area (Å²) in [6, 6.07) is 8.10. The first-order valence-electron chi connectivity index (χ1n) is 10.7. The maximum Gasteiger partial charge on any atom is 0.193 e. The van der Waals surface area contributed by atoms with Crippen LogP contribution >= 0.6 is 0 Å². The van der Waals surface area contributed by atoms with Crippen LogP contribution in [0.15, 0.2) is 33.8 Å². The maximum atomic E-state index is 5.48. The van der Waals surface area contributed by atoms with Gasteiger partial charge in [0.05, 0.1) is 19.9 Å². The number of nitrogens with one attached hydrogen (secondary N) is 1. The normalized spacial score (nSPS) is 15.8. The third-order valence-corrected chi connectivity index (χ3v) is 5.80. The van der Waals surface area contributed by atoms with Gasteiger partial charge in [0, 0.05) is 57.8 Å². The monoisotopic (exact) mass is 429 g/mol. The summed E-state index contributed by atoms with van der Waals surface area (Å²) in [7, 11) is 5.16. The maximum absolute atomic E-state index is 5.48. The first kappa shape index (κ1) is 22.9. The predicted octanol–water partition coefficient (Wildman–Crippen LogP) is 2.67. The summed E-state index contributed by atoms with van der Waals surface area (Å²) in [6.07, 6.45) is 0. The van der Waals surface area contributed by atoms with Crippen LogP contribution in [0.1, 0.15) is 30.9 Å². The van der Waals surface area contributed by atoms with Crippen molar-refractivity contribution in [3.63, 3.8) is 0 Å². The van der Waals surface area contributed by atoms with E-state index in [0.29, 0.717) is 0 Å². The van der Waals surface area contributed by atoms with Crippen LogP contribution < -0.4 is 14.8 Å². The molecule has 8 nitrogen and oxygen atoms in total. The number of aryl methyl sites for hydroxylation is 1. The van der Waals surface area contributed by atoms with Crippen LogP contribution in [-0.2, 0) is 12.0 Å². The summed E-state index contributed by atoms with van der Waals surface area (Å²) in [6.45, 7) is 11.7. The number of piperazine rings is 1. The Bertz CT molecular complexity index is 885. The Hall–Kier alpha value is -2.74. The van der Waals surface area contributed by atoms with Crippen molar-refractivity contribution in [2.75, 3.05) is 54.0 Å². The minimum absolute atomic E-state index is 0.109. The summed E-state index contributed by atoms with van der Waals surface area (Å²) >= 11 is 0. The quantitative estimate of drug-likeness (QED) is 0.536. The second-order valence-corrected chi connectivity index (χ2v) is 8.55. The lowest BCUT2D eigenvalue weighted by atomic mass is 9.84. The fourth-order valence-corrected chi connectivity index (χ4v) is 3.83. The minimum Gasteiger partial charge on any atom is -0.493 e. The molecule has 3 rings (SSSR count). The molecule has 0 bridgehead atoms. The van der Waals surface area contributed by atoms with Gasteiger partial charge in [-0.3, -0.25) is 9.89 Å². The van der Waals surface area contributed by atoms with Crippen molar-refractivity contribution in [2.24, 2.45) is 4.99 Å². The second kappa shape index (κ2) is 10.0. The summed E-state index contributed by atoms with van der Waals surface area (Å²) in [5.41, 5.74) is 2.06. The molecule has 0 unspecified atom stereocenters. The molecule has 170 valence electrons. The number of hydrogen-bond acceptors (Lipinski definition) is 6. The van der Waals surface area contributed by atoms with E-state index in [0.717, 1.165) is 68.2 Å². The van der Waals surface area contributed by atoms with E-state index in [1.54, 1.807) is 14.2 Å². The van der Waals surface area contributed by atoms with Gasteiger partial charge in [-0.15, -0.1) is 0 Å². The molecule has 0 amide bonds. The SMILES string of the molecule is CN=C(NCC(C)(C)c1ccc(OC)c(OC)c1)N1CCN(Cc2cc(C)on2)CC1. The largest absolute Gasteiger partial charge is 0.493 e. The van der Waals surface area contributed by atoms with Gasteiger partial charge in [-0.25, -0.2) is 0 Å². The number of ether oxygens (including phenoxy) is 2. The molecule has 31 heavy (non-hydrogen) atoms. The molecule has 1 aliphatic rings. The third-order valence-electron chi connectivity index (χ3n) is 5.80. The Morgan fingerprint density at radius 3 is 2.42 bits per heavy atom. The number of nitrogens with zero attached hydrogens (tertiary/aromatic N) is 4. The first-order valence-corrected chi connectivity index (χ1v) is 10.7. The van der Waals surface area contributed by atoms with Crippen LogP contribution in [0.4, 0.5) is 0 Å².